The molecule has 0 fully saturated rings. The quantitative estimate of drug-likeness (QED) is 0.671. The molecule has 0 saturated heterocycles. The van der Waals surface area contributed by atoms with Crippen molar-refractivity contribution in [2.45, 2.75) is 19.9 Å². The number of esters is 1. The van der Waals surface area contributed by atoms with Crippen molar-refractivity contribution < 1.29 is 13.9 Å². The van der Waals surface area contributed by atoms with E-state index in [0.29, 0.717) is 26.1 Å². The Kier molecular flexibility index (Phi) is 4.90. The summed E-state index contributed by atoms with van der Waals surface area (Å²) in [6.07, 6.45) is 2.07. The first-order chi connectivity index (χ1) is 7.22. The molecule has 0 amide bonds. The molecule has 0 aliphatic carbocycles. The second-order valence-electron chi connectivity index (χ2n) is 3.37. The van der Waals surface area contributed by atoms with Crippen molar-refractivity contribution in [3.8, 4) is 0 Å². The van der Waals surface area contributed by atoms with Crippen LogP contribution in [0.5, 0.6) is 0 Å². The summed E-state index contributed by atoms with van der Waals surface area (Å²) >= 11 is 0. The number of ether oxygens (including phenoxy) is 1. The van der Waals surface area contributed by atoms with Crippen LogP contribution in [-0.4, -0.2) is 31.1 Å². The average Bonchev–Trinajstić information content (AvgIpc) is 2.68. The number of carbonyl (C=O) groups excluding carboxylic acids is 1. The van der Waals surface area contributed by atoms with Crippen molar-refractivity contribution in [1.29, 1.82) is 0 Å². The lowest BCUT2D eigenvalue weighted by Crippen LogP contribution is -2.22. The van der Waals surface area contributed by atoms with Crippen LogP contribution in [-0.2, 0) is 16.1 Å². The summed E-state index contributed by atoms with van der Waals surface area (Å²) in [5.74, 6) is 0.755. The number of carbonyl (C=O) groups is 1. The summed E-state index contributed by atoms with van der Waals surface area (Å²) in [6.45, 7) is 3.65. The van der Waals surface area contributed by atoms with E-state index in [1.807, 2.05) is 31.0 Å². The number of hydrogen-bond donors (Lipinski definition) is 0. The fourth-order valence-corrected chi connectivity index (χ4v) is 1.26. The molecule has 1 aromatic rings. The van der Waals surface area contributed by atoms with E-state index in [0.717, 1.165) is 5.76 Å². The van der Waals surface area contributed by atoms with Gasteiger partial charge in [-0.05, 0) is 26.1 Å². The van der Waals surface area contributed by atoms with E-state index in [9.17, 15) is 4.79 Å². The summed E-state index contributed by atoms with van der Waals surface area (Å²) < 4.78 is 10.0. The van der Waals surface area contributed by atoms with Crippen LogP contribution in [0.4, 0.5) is 0 Å². The molecule has 84 valence electrons. The van der Waals surface area contributed by atoms with Gasteiger partial charge in [-0.25, -0.2) is 0 Å². The molecule has 0 aliphatic heterocycles. The Morgan fingerprint density at radius 2 is 2.40 bits per heavy atom. The third kappa shape index (κ3) is 4.65. The topological polar surface area (TPSA) is 42.7 Å². The van der Waals surface area contributed by atoms with Crippen molar-refractivity contribution in [2.24, 2.45) is 0 Å². The second kappa shape index (κ2) is 6.24. The number of furan rings is 1. The fourth-order valence-electron chi connectivity index (χ4n) is 1.26. The minimum atomic E-state index is -0.149. The molecule has 0 bridgehead atoms. The summed E-state index contributed by atoms with van der Waals surface area (Å²) in [4.78, 5) is 13.1. The molecule has 4 heteroatoms. The molecule has 0 unspecified atom stereocenters. The van der Waals surface area contributed by atoms with E-state index in [2.05, 4.69) is 0 Å². The van der Waals surface area contributed by atoms with Crippen molar-refractivity contribution in [3.63, 3.8) is 0 Å². The molecule has 15 heavy (non-hydrogen) atoms. The van der Waals surface area contributed by atoms with Gasteiger partial charge >= 0.3 is 5.97 Å². The monoisotopic (exact) mass is 211 g/mol. The van der Waals surface area contributed by atoms with Crippen LogP contribution < -0.4 is 0 Å². The Labute approximate surface area is 89.8 Å². The maximum Gasteiger partial charge on any atom is 0.307 e. The molecule has 1 rings (SSSR count). The molecule has 1 aromatic heterocycles. The molecular formula is C11H17NO3. The van der Waals surface area contributed by atoms with Gasteiger partial charge in [0.05, 0.1) is 25.8 Å². The number of nitrogens with zero attached hydrogens (tertiary/aromatic N) is 1. The maximum absolute atomic E-state index is 11.1. The van der Waals surface area contributed by atoms with Gasteiger partial charge < -0.3 is 9.15 Å². The lowest BCUT2D eigenvalue weighted by Gasteiger charge is -2.13. The van der Waals surface area contributed by atoms with Gasteiger partial charge in [0, 0.05) is 6.54 Å². The predicted molar refractivity (Wildman–Crippen MR) is 56.3 cm³/mol. The number of hydrogen-bond acceptors (Lipinski definition) is 4. The van der Waals surface area contributed by atoms with Crippen molar-refractivity contribution >= 4 is 5.97 Å². The molecule has 0 aliphatic rings. The van der Waals surface area contributed by atoms with Gasteiger partial charge in [-0.15, -0.1) is 0 Å². The van der Waals surface area contributed by atoms with Gasteiger partial charge in [0.1, 0.15) is 5.76 Å². The van der Waals surface area contributed by atoms with Gasteiger partial charge in [-0.3, -0.25) is 9.69 Å². The second-order valence-corrected chi connectivity index (χ2v) is 3.37. The third-order valence-electron chi connectivity index (χ3n) is 2.01. The van der Waals surface area contributed by atoms with E-state index >= 15 is 0 Å². The molecule has 0 radical (unpaired) electrons. The van der Waals surface area contributed by atoms with E-state index in [-0.39, 0.29) is 5.97 Å². The highest BCUT2D eigenvalue weighted by Gasteiger charge is 2.06. The molecular weight excluding hydrogens is 194 g/mol. The summed E-state index contributed by atoms with van der Waals surface area (Å²) in [7, 11) is 1.95. The first-order valence-electron chi connectivity index (χ1n) is 5.09. The largest absolute Gasteiger partial charge is 0.468 e. The highest BCUT2D eigenvalue weighted by atomic mass is 16.5. The van der Waals surface area contributed by atoms with Crippen LogP contribution in [0, 0.1) is 0 Å². The highest BCUT2D eigenvalue weighted by molar-refractivity contribution is 5.69. The number of rotatable bonds is 6. The molecule has 4 nitrogen and oxygen atoms in total. The van der Waals surface area contributed by atoms with Crippen LogP contribution in [0.15, 0.2) is 22.8 Å². The normalized spacial score (nSPS) is 10.6. The first-order valence-corrected chi connectivity index (χ1v) is 5.09. The smallest absolute Gasteiger partial charge is 0.307 e. The van der Waals surface area contributed by atoms with Gasteiger partial charge in [-0.2, -0.15) is 0 Å². The maximum atomic E-state index is 11.1. The molecule has 0 aromatic carbocycles. The Morgan fingerprint density at radius 1 is 1.60 bits per heavy atom. The molecule has 0 atom stereocenters. The van der Waals surface area contributed by atoms with Crippen LogP contribution in [0.2, 0.25) is 0 Å². The van der Waals surface area contributed by atoms with Gasteiger partial charge in [0.15, 0.2) is 0 Å². The van der Waals surface area contributed by atoms with Crippen LogP contribution in [0.3, 0.4) is 0 Å². The Balaban J connectivity index is 2.19. The predicted octanol–water partition coefficient (Wildman–Crippen LogP) is 1.66. The van der Waals surface area contributed by atoms with Crippen LogP contribution in [0.1, 0.15) is 19.1 Å². The zero-order chi connectivity index (χ0) is 11.1. The average molecular weight is 211 g/mol. The van der Waals surface area contributed by atoms with E-state index in [4.69, 9.17) is 9.15 Å². The van der Waals surface area contributed by atoms with Crippen molar-refractivity contribution in [1.82, 2.24) is 4.90 Å². The third-order valence-corrected chi connectivity index (χ3v) is 2.01. The van der Waals surface area contributed by atoms with Crippen LogP contribution >= 0.6 is 0 Å². The minimum absolute atomic E-state index is 0.149. The zero-order valence-corrected chi connectivity index (χ0v) is 9.23. The van der Waals surface area contributed by atoms with E-state index in [1.54, 1.807) is 6.26 Å². The summed E-state index contributed by atoms with van der Waals surface area (Å²) in [5, 5.41) is 0. The Hall–Kier alpha value is -1.29. The molecule has 0 saturated carbocycles. The lowest BCUT2D eigenvalue weighted by atomic mass is 10.3. The van der Waals surface area contributed by atoms with Crippen molar-refractivity contribution in [2.75, 3.05) is 20.2 Å². The summed E-state index contributed by atoms with van der Waals surface area (Å²) in [5.41, 5.74) is 0. The molecule has 1 heterocycles. The minimum Gasteiger partial charge on any atom is -0.468 e. The fraction of sp³-hybridized carbons (Fsp3) is 0.545. The zero-order valence-electron chi connectivity index (χ0n) is 9.23. The molecule has 0 spiro atoms. The first kappa shape index (κ1) is 11.8. The van der Waals surface area contributed by atoms with Crippen molar-refractivity contribution in [3.05, 3.63) is 24.2 Å². The van der Waals surface area contributed by atoms with E-state index in [1.165, 1.54) is 0 Å². The van der Waals surface area contributed by atoms with Gasteiger partial charge in [0.2, 0.25) is 0 Å². The standard InChI is InChI=1S/C11H17NO3/c1-3-14-11(13)6-7-12(2)9-10-5-4-8-15-10/h4-5,8H,3,6-7,9H2,1-2H3. The Morgan fingerprint density at radius 3 is 3.00 bits per heavy atom. The SMILES string of the molecule is CCOC(=O)CCN(C)Cc1ccco1. The Bertz CT molecular complexity index is 282. The van der Waals surface area contributed by atoms with Gasteiger partial charge in [-0.1, -0.05) is 0 Å². The molecule has 0 N–H and O–H groups in total. The summed E-state index contributed by atoms with van der Waals surface area (Å²) in [6, 6.07) is 3.77. The van der Waals surface area contributed by atoms with Gasteiger partial charge in [0.25, 0.3) is 0 Å². The van der Waals surface area contributed by atoms with Crippen LogP contribution in [0.25, 0.3) is 0 Å². The lowest BCUT2D eigenvalue weighted by molar-refractivity contribution is -0.143. The van der Waals surface area contributed by atoms with E-state index < -0.39 is 0 Å². The highest BCUT2D eigenvalue weighted by Crippen LogP contribution is 2.04.